The Labute approximate surface area is 126 Å². The molecular formula is C14H14N4O4. The van der Waals surface area contributed by atoms with Crippen LogP contribution in [0.1, 0.15) is 5.56 Å². The Bertz CT molecular complexity index is 727. The Balaban J connectivity index is 2.22. The van der Waals surface area contributed by atoms with Crippen molar-refractivity contribution in [2.24, 2.45) is 0 Å². The summed E-state index contributed by atoms with van der Waals surface area (Å²) in [5, 5.41) is 32.0. The molecule has 0 bridgehead atoms. The number of pyridine rings is 1. The van der Waals surface area contributed by atoms with Crippen molar-refractivity contribution in [1.29, 1.82) is 5.26 Å². The Morgan fingerprint density at radius 1 is 1.41 bits per heavy atom. The summed E-state index contributed by atoms with van der Waals surface area (Å²) in [7, 11) is 0. The van der Waals surface area contributed by atoms with Gasteiger partial charge in [0.2, 0.25) is 0 Å². The molecule has 2 N–H and O–H groups in total. The molecule has 0 radical (unpaired) electrons. The number of nitrogens with one attached hydrogen (secondary N) is 1. The lowest BCUT2D eigenvalue weighted by Gasteiger charge is -2.08. The zero-order valence-corrected chi connectivity index (χ0v) is 11.7. The summed E-state index contributed by atoms with van der Waals surface area (Å²) in [6.07, 6.45) is 0. The van der Waals surface area contributed by atoms with E-state index in [4.69, 9.17) is 9.84 Å². The number of aliphatic hydroxyl groups is 1. The number of benzene rings is 1. The van der Waals surface area contributed by atoms with E-state index in [1.54, 1.807) is 0 Å². The van der Waals surface area contributed by atoms with Crippen molar-refractivity contribution in [2.75, 3.05) is 31.7 Å². The van der Waals surface area contributed by atoms with E-state index in [0.717, 1.165) is 0 Å². The SMILES string of the molecule is N#Cc1cc(NCCOCCO)nc2ccc([N+](=O)[O-])cc12. The summed E-state index contributed by atoms with van der Waals surface area (Å²) >= 11 is 0. The van der Waals surface area contributed by atoms with E-state index in [1.807, 2.05) is 6.07 Å². The van der Waals surface area contributed by atoms with Gasteiger partial charge in [0.25, 0.3) is 5.69 Å². The van der Waals surface area contributed by atoms with Gasteiger partial charge >= 0.3 is 0 Å². The number of fused-ring (bicyclic) bond motifs is 1. The lowest BCUT2D eigenvalue weighted by molar-refractivity contribution is -0.384. The number of hydrogen-bond donors (Lipinski definition) is 2. The second-order valence-corrected chi connectivity index (χ2v) is 4.39. The normalized spacial score (nSPS) is 10.4. The topological polar surface area (TPSA) is 121 Å². The van der Waals surface area contributed by atoms with E-state index in [9.17, 15) is 15.4 Å². The lowest BCUT2D eigenvalue weighted by Crippen LogP contribution is -2.12. The molecular weight excluding hydrogens is 288 g/mol. The maximum atomic E-state index is 10.8. The molecule has 2 aromatic rings. The van der Waals surface area contributed by atoms with Gasteiger partial charge in [-0.15, -0.1) is 0 Å². The number of nitro groups is 1. The van der Waals surface area contributed by atoms with Gasteiger partial charge in [-0.3, -0.25) is 10.1 Å². The van der Waals surface area contributed by atoms with Crippen molar-refractivity contribution in [2.45, 2.75) is 0 Å². The van der Waals surface area contributed by atoms with Gasteiger partial charge in [-0.2, -0.15) is 5.26 Å². The highest BCUT2D eigenvalue weighted by atomic mass is 16.6. The van der Waals surface area contributed by atoms with E-state index in [2.05, 4.69) is 10.3 Å². The molecule has 0 unspecified atom stereocenters. The van der Waals surface area contributed by atoms with Crippen LogP contribution in [0.5, 0.6) is 0 Å². The molecule has 0 aliphatic rings. The first-order chi connectivity index (χ1) is 10.7. The monoisotopic (exact) mass is 302 g/mol. The molecule has 0 atom stereocenters. The third-order valence-electron chi connectivity index (χ3n) is 2.91. The van der Waals surface area contributed by atoms with Crippen LogP contribution in [0.4, 0.5) is 11.5 Å². The van der Waals surface area contributed by atoms with Crippen LogP contribution < -0.4 is 5.32 Å². The number of nitrogens with zero attached hydrogens (tertiary/aromatic N) is 3. The summed E-state index contributed by atoms with van der Waals surface area (Å²) in [6.45, 7) is 1.09. The van der Waals surface area contributed by atoms with Gasteiger partial charge in [-0.05, 0) is 12.1 Å². The van der Waals surface area contributed by atoms with Crippen molar-refractivity contribution >= 4 is 22.4 Å². The van der Waals surface area contributed by atoms with Gasteiger partial charge in [0.05, 0.1) is 41.9 Å². The minimum atomic E-state index is -0.509. The Morgan fingerprint density at radius 2 is 2.23 bits per heavy atom. The zero-order valence-electron chi connectivity index (χ0n) is 11.7. The van der Waals surface area contributed by atoms with Gasteiger partial charge in [0.15, 0.2) is 0 Å². The number of nitriles is 1. The third-order valence-corrected chi connectivity index (χ3v) is 2.91. The van der Waals surface area contributed by atoms with Gasteiger partial charge in [0.1, 0.15) is 5.82 Å². The molecule has 0 saturated carbocycles. The van der Waals surface area contributed by atoms with Crippen LogP contribution in [0.15, 0.2) is 24.3 Å². The van der Waals surface area contributed by atoms with Gasteiger partial charge in [-0.1, -0.05) is 0 Å². The minimum Gasteiger partial charge on any atom is -0.394 e. The smallest absolute Gasteiger partial charge is 0.270 e. The Hall–Kier alpha value is -2.76. The van der Waals surface area contributed by atoms with E-state index < -0.39 is 4.92 Å². The minimum absolute atomic E-state index is 0.0361. The van der Waals surface area contributed by atoms with Crippen molar-refractivity contribution in [1.82, 2.24) is 4.98 Å². The third kappa shape index (κ3) is 3.66. The summed E-state index contributed by atoms with van der Waals surface area (Å²) in [4.78, 5) is 14.6. The maximum absolute atomic E-state index is 10.8. The van der Waals surface area contributed by atoms with E-state index in [-0.39, 0.29) is 18.9 Å². The number of aliphatic hydroxyl groups excluding tert-OH is 1. The van der Waals surface area contributed by atoms with Crippen LogP contribution in [0.2, 0.25) is 0 Å². The number of nitro benzene ring substituents is 1. The molecule has 22 heavy (non-hydrogen) atoms. The largest absolute Gasteiger partial charge is 0.394 e. The standard InChI is InChI=1S/C14H14N4O4/c15-9-10-7-14(16-3-5-22-6-4-19)17-13-2-1-11(18(20)21)8-12(10)13/h1-2,7-8,19H,3-6H2,(H,16,17). The predicted molar refractivity (Wildman–Crippen MR) is 79.5 cm³/mol. The number of aromatic nitrogens is 1. The van der Waals surface area contributed by atoms with E-state index >= 15 is 0 Å². The van der Waals surface area contributed by atoms with Crippen molar-refractivity contribution in [3.63, 3.8) is 0 Å². The fraction of sp³-hybridized carbons (Fsp3) is 0.286. The van der Waals surface area contributed by atoms with Gasteiger partial charge < -0.3 is 15.2 Å². The highest BCUT2D eigenvalue weighted by Crippen LogP contribution is 2.24. The summed E-state index contributed by atoms with van der Waals surface area (Å²) < 4.78 is 5.11. The molecule has 0 spiro atoms. The molecule has 0 fully saturated rings. The molecule has 2 rings (SSSR count). The van der Waals surface area contributed by atoms with E-state index in [1.165, 1.54) is 24.3 Å². The lowest BCUT2D eigenvalue weighted by atomic mass is 10.1. The second kappa shape index (κ2) is 7.31. The van der Waals surface area contributed by atoms with E-state index in [0.29, 0.717) is 35.4 Å². The van der Waals surface area contributed by atoms with Gasteiger partial charge in [-0.25, -0.2) is 4.98 Å². The first-order valence-corrected chi connectivity index (χ1v) is 6.57. The first kappa shape index (κ1) is 15.6. The number of anilines is 1. The summed E-state index contributed by atoms with van der Waals surface area (Å²) in [6, 6.07) is 7.77. The quantitative estimate of drug-likeness (QED) is 0.451. The zero-order chi connectivity index (χ0) is 15.9. The Kier molecular flexibility index (Phi) is 5.19. The maximum Gasteiger partial charge on any atom is 0.270 e. The molecule has 0 saturated heterocycles. The molecule has 0 aliphatic carbocycles. The summed E-state index contributed by atoms with van der Waals surface area (Å²) in [5.41, 5.74) is 0.736. The summed E-state index contributed by atoms with van der Waals surface area (Å²) in [5.74, 6) is 0.491. The number of ether oxygens (including phenoxy) is 1. The van der Waals surface area contributed by atoms with Crippen LogP contribution >= 0.6 is 0 Å². The molecule has 8 heteroatoms. The highest BCUT2D eigenvalue weighted by Gasteiger charge is 2.11. The van der Waals surface area contributed by atoms with Crippen LogP contribution in [-0.4, -0.2) is 41.4 Å². The molecule has 0 aliphatic heterocycles. The highest BCUT2D eigenvalue weighted by molar-refractivity contribution is 5.88. The fourth-order valence-corrected chi connectivity index (χ4v) is 1.93. The molecule has 114 valence electrons. The fourth-order valence-electron chi connectivity index (χ4n) is 1.93. The van der Waals surface area contributed by atoms with Gasteiger partial charge in [0, 0.05) is 24.1 Å². The number of rotatable bonds is 7. The first-order valence-electron chi connectivity index (χ1n) is 6.57. The molecule has 8 nitrogen and oxygen atoms in total. The average molecular weight is 302 g/mol. The van der Waals surface area contributed by atoms with Crippen LogP contribution in [0.25, 0.3) is 10.9 Å². The van der Waals surface area contributed by atoms with Crippen molar-refractivity contribution in [3.05, 3.63) is 39.9 Å². The number of hydrogen-bond acceptors (Lipinski definition) is 7. The Morgan fingerprint density at radius 3 is 2.91 bits per heavy atom. The molecule has 1 aromatic heterocycles. The molecule has 0 amide bonds. The van der Waals surface area contributed by atoms with Crippen LogP contribution in [0, 0.1) is 21.4 Å². The molecule has 1 heterocycles. The van der Waals surface area contributed by atoms with Crippen molar-refractivity contribution in [3.8, 4) is 6.07 Å². The predicted octanol–water partition coefficient (Wildman–Crippen LogP) is 1.44. The number of non-ortho nitro benzene ring substituents is 1. The van der Waals surface area contributed by atoms with Crippen molar-refractivity contribution < 1.29 is 14.8 Å². The average Bonchev–Trinajstić information content (AvgIpc) is 2.53. The second-order valence-electron chi connectivity index (χ2n) is 4.39. The molecule has 1 aromatic carbocycles. The van der Waals surface area contributed by atoms with Crippen LogP contribution in [0.3, 0.4) is 0 Å². The van der Waals surface area contributed by atoms with Crippen LogP contribution in [-0.2, 0) is 4.74 Å².